The number of halogens is 1. The Balaban J connectivity index is 3.24. The van der Waals surface area contributed by atoms with Gasteiger partial charge in [-0.25, -0.2) is 9.18 Å². The fourth-order valence-corrected chi connectivity index (χ4v) is 1.26. The molecule has 0 spiro atoms. The molecule has 1 aromatic carbocycles. The summed E-state index contributed by atoms with van der Waals surface area (Å²) >= 11 is 0. The predicted octanol–water partition coefficient (Wildman–Crippen LogP) is 2.42. The minimum atomic E-state index is -1.55. The van der Waals surface area contributed by atoms with Crippen LogP contribution in [0.5, 0.6) is 0 Å². The molecule has 0 heterocycles. The largest absolute Gasteiger partial charge is 0.478 e. The summed E-state index contributed by atoms with van der Waals surface area (Å²) in [6.45, 7) is 5.52. The van der Waals surface area contributed by atoms with Gasteiger partial charge >= 0.3 is 5.97 Å². The molecule has 1 rings (SSSR count). The highest BCUT2D eigenvalue weighted by Crippen LogP contribution is 2.28. The number of hydrogen-bond donors (Lipinski definition) is 2. The van der Waals surface area contributed by atoms with Gasteiger partial charge in [0, 0.05) is 18.7 Å². The molecule has 96 valence electrons. The first kappa shape index (κ1) is 13.6. The lowest BCUT2D eigenvalue weighted by Gasteiger charge is -2.08. The average molecular weight is 254 g/mol. The number of anilines is 1. The van der Waals surface area contributed by atoms with Crippen LogP contribution in [0.2, 0.25) is 0 Å². The number of nitrogens with zero attached hydrogens (tertiary/aromatic N) is 1. The van der Waals surface area contributed by atoms with Gasteiger partial charge in [-0.1, -0.05) is 12.2 Å². The number of nitro benzene ring substituents is 1. The van der Waals surface area contributed by atoms with E-state index in [0.717, 1.165) is 6.07 Å². The van der Waals surface area contributed by atoms with Gasteiger partial charge in [-0.3, -0.25) is 10.1 Å². The van der Waals surface area contributed by atoms with Crippen molar-refractivity contribution < 1.29 is 19.2 Å². The van der Waals surface area contributed by atoms with Gasteiger partial charge in [0.05, 0.1) is 4.92 Å². The van der Waals surface area contributed by atoms with Crippen molar-refractivity contribution in [3.8, 4) is 0 Å². The molecule has 0 amide bonds. The summed E-state index contributed by atoms with van der Waals surface area (Å²) in [5.41, 5.74) is -0.602. The molecular weight excluding hydrogens is 243 g/mol. The monoisotopic (exact) mass is 254 g/mol. The van der Waals surface area contributed by atoms with Crippen molar-refractivity contribution in [2.24, 2.45) is 0 Å². The van der Waals surface area contributed by atoms with Crippen LogP contribution in [-0.4, -0.2) is 22.5 Å². The molecule has 0 fully saturated rings. The molecule has 0 atom stereocenters. The van der Waals surface area contributed by atoms with Crippen LogP contribution in [0.15, 0.2) is 24.3 Å². The number of hydrogen-bond acceptors (Lipinski definition) is 4. The maximum absolute atomic E-state index is 13.4. The van der Waals surface area contributed by atoms with E-state index in [1.54, 1.807) is 6.92 Å². The van der Waals surface area contributed by atoms with Crippen LogP contribution in [-0.2, 0) is 0 Å². The molecule has 2 N–H and O–H groups in total. The molecule has 0 radical (unpaired) electrons. The van der Waals surface area contributed by atoms with Gasteiger partial charge in [0.25, 0.3) is 5.69 Å². The summed E-state index contributed by atoms with van der Waals surface area (Å²) < 4.78 is 13.4. The maximum atomic E-state index is 13.4. The SMILES string of the molecule is C=C(C)CNc1cc(F)c(C(=O)O)cc1[N+](=O)[O-]. The Morgan fingerprint density at radius 2 is 2.22 bits per heavy atom. The minimum Gasteiger partial charge on any atom is -0.478 e. The molecule has 0 aliphatic carbocycles. The highest BCUT2D eigenvalue weighted by atomic mass is 19.1. The molecule has 0 aliphatic heterocycles. The molecular formula is C11H11FN2O4. The van der Waals surface area contributed by atoms with Crippen LogP contribution in [0.3, 0.4) is 0 Å². The molecule has 1 aromatic rings. The molecule has 0 saturated heterocycles. The molecule has 7 heteroatoms. The van der Waals surface area contributed by atoms with Gasteiger partial charge in [-0.15, -0.1) is 0 Å². The number of rotatable bonds is 5. The quantitative estimate of drug-likeness (QED) is 0.478. The normalized spacial score (nSPS) is 9.89. The number of carboxylic acids is 1. The van der Waals surface area contributed by atoms with Gasteiger partial charge in [0.2, 0.25) is 0 Å². The second-order valence-corrected chi connectivity index (χ2v) is 3.72. The highest BCUT2D eigenvalue weighted by Gasteiger charge is 2.21. The third-order valence-electron chi connectivity index (χ3n) is 2.09. The molecule has 6 nitrogen and oxygen atoms in total. The van der Waals surface area contributed by atoms with Gasteiger partial charge in [0.15, 0.2) is 0 Å². The zero-order valence-electron chi connectivity index (χ0n) is 9.57. The van der Waals surface area contributed by atoms with Gasteiger partial charge in [0.1, 0.15) is 17.1 Å². The first-order valence-corrected chi connectivity index (χ1v) is 4.92. The second-order valence-electron chi connectivity index (χ2n) is 3.72. The Hall–Kier alpha value is -2.44. The summed E-state index contributed by atoms with van der Waals surface area (Å²) in [7, 11) is 0. The van der Waals surface area contributed by atoms with E-state index in [9.17, 15) is 19.3 Å². The highest BCUT2D eigenvalue weighted by molar-refractivity contribution is 5.90. The van der Waals surface area contributed by atoms with Crippen molar-refractivity contribution in [1.29, 1.82) is 0 Å². The summed E-state index contributed by atoms with van der Waals surface area (Å²) in [4.78, 5) is 20.7. The number of nitro groups is 1. The Kier molecular flexibility index (Phi) is 3.98. The Bertz CT molecular complexity index is 528. The van der Waals surface area contributed by atoms with Crippen molar-refractivity contribution in [1.82, 2.24) is 0 Å². The summed E-state index contributed by atoms with van der Waals surface area (Å²) in [5, 5.41) is 22.1. The smallest absolute Gasteiger partial charge is 0.338 e. The van der Waals surface area contributed by atoms with E-state index in [-0.39, 0.29) is 12.2 Å². The number of aromatic carboxylic acids is 1. The average Bonchev–Trinajstić information content (AvgIpc) is 2.25. The first-order chi connectivity index (χ1) is 8.32. The zero-order chi connectivity index (χ0) is 13.9. The second kappa shape index (κ2) is 5.26. The Morgan fingerprint density at radius 3 is 2.67 bits per heavy atom. The molecule has 0 saturated carbocycles. The fourth-order valence-electron chi connectivity index (χ4n) is 1.26. The minimum absolute atomic E-state index is 0.0782. The van der Waals surface area contributed by atoms with Gasteiger partial charge < -0.3 is 10.4 Å². The topological polar surface area (TPSA) is 92.5 Å². The van der Waals surface area contributed by atoms with Gasteiger partial charge in [-0.2, -0.15) is 0 Å². The molecule has 0 bridgehead atoms. The third-order valence-corrected chi connectivity index (χ3v) is 2.09. The molecule has 0 aliphatic rings. The van der Waals surface area contributed by atoms with Crippen molar-refractivity contribution in [3.63, 3.8) is 0 Å². The van der Waals surface area contributed by atoms with Crippen LogP contribution in [0, 0.1) is 15.9 Å². The Morgan fingerprint density at radius 1 is 1.61 bits per heavy atom. The number of benzene rings is 1. The number of carbonyl (C=O) groups is 1. The molecule has 0 unspecified atom stereocenters. The summed E-state index contributed by atoms with van der Waals surface area (Å²) in [6, 6.07) is 1.49. The van der Waals surface area contributed by atoms with E-state index in [4.69, 9.17) is 5.11 Å². The van der Waals surface area contributed by atoms with Crippen LogP contribution >= 0.6 is 0 Å². The van der Waals surface area contributed by atoms with E-state index in [2.05, 4.69) is 11.9 Å². The van der Waals surface area contributed by atoms with Crippen LogP contribution in [0.1, 0.15) is 17.3 Å². The van der Waals surface area contributed by atoms with Crippen LogP contribution in [0.25, 0.3) is 0 Å². The summed E-state index contributed by atoms with van der Waals surface area (Å²) in [6.07, 6.45) is 0. The molecule has 0 aromatic heterocycles. The van der Waals surface area contributed by atoms with Gasteiger partial charge in [-0.05, 0) is 6.92 Å². The van der Waals surface area contributed by atoms with Crippen LogP contribution in [0.4, 0.5) is 15.8 Å². The lowest BCUT2D eigenvalue weighted by molar-refractivity contribution is -0.384. The lowest BCUT2D eigenvalue weighted by Crippen LogP contribution is -2.08. The summed E-state index contributed by atoms with van der Waals surface area (Å²) in [5.74, 6) is -2.58. The van der Waals surface area contributed by atoms with E-state index in [1.165, 1.54) is 0 Å². The number of carboxylic acid groups (broad SMARTS) is 1. The lowest BCUT2D eigenvalue weighted by atomic mass is 10.1. The van der Waals surface area contributed by atoms with Crippen molar-refractivity contribution in [3.05, 3.63) is 45.8 Å². The Labute approximate surface area is 102 Å². The van der Waals surface area contributed by atoms with E-state index < -0.39 is 28.0 Å². The fraction of sp³-hybridized carbons (Fsp3) is 0.182. The standard InChI is InChI=1S/C11H11FN2O4/c1-6(2)5-13-9-4-8(12)7(11(15)16)3-10(9)14(17)18/h3-4,13H,1,5H2,2H3,(H,15,16). The molecule has 18 heavy (non-hydrogen) atoms. The third kappa shape index (κ3) is 3.03. The van der Waals surface area contributed by atoms with Crippen LogP contribution < -0.4 is 5.32 Å². The van der Waals surface area contributed by atoms with Crippen molar-refractivity contribution >= 4 is 17.3 Å². The van der Waals surface area contributed by atoms with Crippen molar-refractivity contribution in [2.75, 3.05) is 11.9 Å². The number of nitrogens with one attached hydrogen (secondary N) is 1. The zero-order valence-corrected chi connectivity index (χ0v) is 9.57. The van der Waals surface area contributed by atoms with E-state index in [1.807, 2.05) is 0 Å². The van der Waals surface area contributed by atoms with Crippen molar-refractivity contribution in [2.45, 2.75) is 6.92 Å². The van der Waals surface area contributed by atoms with E-state index >= 15 is 0 Å². The first-order valence-electron chi connectivity index (χ1n) is 4.92. The maximum Gasteiger partial charge on any atom is 0.338 e. The van der Waals surface area contributed by atoms with E-state index in [0.29, 0.717) is 11.6 Å². The predicted molar refractivity (Wildman–Crippen MR) is 63.3 cm³/mol.